The van der Waals surface area contributed by atoms with E-state index in [4.69, 9.17) is 10.5 Å². The van der Waals surface area contributed by atoms with E-state index in [9.17, 15) is 9.18 Å². The molecule has 0 saturated carbocycles. The van der Waals surface area contributed by atoms with Gasteiger partial charge < -0.3 is 15.8 Å². The summed E-state index contributed by atoms with van der Waals surface area (Å²) in [4.78, 5) is 15.6. The molecule has 3 heterocycles. The first-order valence-corrected chi connectivity index (χ1v) is 8.70. The highest BCUT2D eigenvalue weighted by molar-refractivity contribution is 5.84. The lowest BCUT2D eigenvalue weighted by molar-refractivity contribution is 0.112. The summed E-state index contributed by atoms with van der Waals surface area (Å²) in [5, 5.41) is 7.36. The molecule has 0 fully saturated rings. The van der Waals surface area contributed by atoms with Crippen LogP contribution in [0.3, 0.4) is 0 Å². The van der Waals surface area contributed by atoms with Crippen LogP contribution in [0.2, 0.25) is 0 Å². The molecule has 2 aromatic heterocycles. The van der Waals surface area contributed by atoms with Crippen LogP contribution in [-0.2, 0) is 6.42 Å². The average molecular weight is 369 g/mol. The number of nitrogens with one attached hydrogen (secondary N) is 1. The Balaban J connectivity index is 1.66. The number of hydrogen-bond donors (Lipinski definition) is 2. The zero-order chi connectivity index (χ0) is 19.2. The summed E-state index contributed by atoms with van der Waals surface area (Å²) in [6.07, 6.45) is 4.35. The van der Waals surface area contributed by atoms with Crippen molar-refractivity contribution in [2.45, 2.75) is 31.9 Å². The van der Waals surface area contributed by atoms with Crippen LogP contribution in [0, 0.1) is 5.82 Å². The quantitative estimate of drug-likeness (QED) is 0.671. The van der Waals surface area contributed by atoms with Crippen LogP contribution in [-0.4, -0.2) is 33.0 Å². The number of aromatic nitrogens is 3. The highest BCUT2D eigenvalue weighted by Crippen LogP contribution is 2.41. The SMILES string of the molecule is C[C@@H](Nc1ccn2ncc(C=O)c2n1)c1ccc(F)c2c1OC(C)(CN)C2. The van der Waals surface area contributed by atoms with E-state index >= 15 is 0 Å². The van der Waals surface area contributed by atoms with Crippen LogP contribution in [0.25, 0.3) is 5.65 Å². The molecule has 3 aromatic rings. The standard InChI is InChI=1S/C19H20FN5O2/c1-11(23-16-5-6-25-18(24-16)12(9-26)8-22-25)13-3-4-15(20)14-7-19(2,10-21)27-17(13)14/h3-6,8-9,11H,7,10,21H2,1-2H3,(H,23,24)/t11-,19?/m1/s1. The third kappa shape index (κ3) is 2.91. The zero-order valence-corrected chi connectivity index (χ0v) is 15.1. The first-order chi connectivity index (χ1) is 12.9. The number of ether oxygens (including phenoxy) is 1. The average Bonchev–Trinajstić information content (AvgIpc) is 3.23. The van der Waals surface area contributed by atoms with Crippen molar-refractivity contribution in [3.63, 3.8) is 0 Å². The first-order valence-electron chi connectivity index (χ1n) is 8.70. The number of carbonyl (C=O) groups is 1. The molecule has 0 aliphatic carbocycles. The fourth-order valence-corrected chi connectivity index (χ4v) is 3.37. The van der Waals surface area contributed by atoms with Gasteiger partial charge in [0.2, 0.25) is 0 Å². The number of benzene rings is 1. The molecule has 1 unspecified atom stereocenters. The number of halogens is 1. The molecule has 1 aromatic carbocycles. The Bertz CT molecular complexity index is 1030. The molecular weight excluding hydrogens is 349 g/mol. The predicted octanol–water partition coefficient (Wildman–Crippen LogP) is 2.51. The van der Waals surface area contributed by atoms with Crippen LogP contribution in [0.15, 0.2) is 30.6 Å². The number of nitrogens with two attached hydrogens (primary N) is 1. The van der Waals surface area contributed by atoms with Crippen LogP contribution >= 0.6 is 0 Å². The Kier molecular flexibility index (Phi) is 4.07. The summed E-state index contributed by atoms with van der Waals surface area (Å²) in [7, 11) is 0. The lowest BCUT2D eigenvalue weighted by Crippen LogP contribution is -2.39. The number of nitrogens with zero attached hydrogens (tertiary/aromatic N) is 3. The molecule has 1 aliphatic heterocycles. The lowest BCUT2D eigenvalue weighted by atomic mass is 9.97. The van der Waals surface area contributed by atoms with E-state index < -0.39 is 5.60 Å². The van der Waals surface area contributed by atoms with Gasteiger partial charge in [-0.2, -0.15) is 5.10 Å². The van der Waals surface area contributed by atoms with Crippen LogP contribution in [0.4, 0.5) is 10.2 Å². The van der Waals surface area contributed by atoms with Gasteiger partial charge in [0.15, 0.2) is 11.9 Å². The van der Waals surface area contributed by atoms with E-state index in [1.54, 1.807) is 18.3 Å². The minimum atomic E-state index is -0.605. The van der Waals surface area contributed by atoms with Crippen molar-refractivity contribution in [2.75, 3.05) is 11.9 Å². The highest BCUT2D eigenvalue weighted by atomic mass is 19.1. The summed E-state index contributed by atoms with van der Waals surface area (Å²) in [5.74, 6) is 0.839. The summed E-state index contributed by atoms with van der Waals surface area (Å²) in [5.41, 5.74) is 7.47. The van der Waals surface area contributed by atoms with Crippen LogP contribution in [0.5, 0.6) is 5.75 Å². The molecule has 0 bridgehead atoms. The summed E-state index contributed by atoms with van der Waals surface area (Å²) in [6, 6.07) is 4.73. The fraction of sp³-hybridized carbons (Fsp3) is 0.316. The molecule has 0 spiro atoms. The van der Waals surface area contributed by atoms with E-state index in [0.717, 1.165) is 11.8 Å². The maximum Gasteiger partial charge on any atom is 0.167 e. The molecule has 140 valence electrons. The molecule has 8 heteroatoms. The lowest BCUT2D eigenvalue weighted by Gasteiger charge is -2.23. The van der Waals surface area contributed by atoms with Gasteiger partial charge in [-0.25, -0.2) is 13.9 Å². The Labute approximate surface area is 155 Å². The molecule has 1 aliphatic rings. The van der Waals surface area contributed by atoms with Crippen molar-refractivity contribution in [3.05, 3.63) is 53.1 Å². The van der Waals surface area contributed by atoms with Crippen molar-refractivity contribution < 1.29 is 13.9 Å². The normalized spacial score (nSPS) is 19.6. The predicted molar refractivity (Wildman–Crippen MR) is 98.6 cm³/mol. The second-order valence-corrected chi connectivity index (χ2v) is 7.04. The molecule has 2 atom stereocenters. The van der Waals surface area contributed by atoms with Gasteiger partial charge in [0, 0.05) is 30.3 Å². The second-order valence-electron chi connectivity index (χ2n) is 7.04. The number of rotatable bonds is 5. The first kappa shape index (κ1) is 17.4. The topological polar surface area (TPSA) is 94.5 Å². The third-order valence-electron chi connectivity index (χ3n) is 4.92. The molecule has 7 nitrogen and oxygen atoms in total. The molecule has 0 saturated heterocycles. The van der Waals surface area contributed by atoms with Crippen molar-refractivity contribution in [3.8, 4) is 5.75 Å². The highest BCUT2D eigenvalue weighted by Gasteiger charge is 2.37. The van der Waals surface area contributed by atoms with Gasteiger partial charge in [-0.3, -0.25) is 4.79 Å². The summed E-state index contributed by atoms with van der Waals surface area (Å²) < 4.78 is 21.8. The fourth-order valence-electron chi connectivity index (χ4n) is 3.37. The van der Waals surface area contributed by atoms with Crippen LogP contribution < -0.4 is 15.8 Å². The van der Waals surface area contributed by atoms with E-state index in [1.165, 1.54) is 16.8 Å². The zero-order valence-electron chi connectivity index (χ0n) is 15.1. The monoisotopic (exact) mass is 369 g/mol. The maximum absolute atomic E-state index is 14.3. The summed E-state index contributed by atoms with van der Waals surface area (Å²) in [6.45, 7) is 4.12. The second kappa shape index (κ2) is 6.31. The molecule has 4 rings (SSSR count). The largest absolute Gasteiger partial charge is 0.485 e. The Morgan fingerprint density at radius 1 is 1.48 bits per heavy atom. The van der Waals surface area contributed by atoms with Gasteiger partial charge in [0.05, 0.1) is 17.8 Å². The van der Waals surface area contributed by atoms with E-state index in [2.05, 4.69) is 15.4 Å². The minimum absolute atomic E-state index is 0.197. The van der Waals surface area contributed by atoms with Gasteiger partial charge in [-0.15, -0.1) is 0 Å². The Hall–Kier alpha value is -3.00. The van der Waals surface area contributed by atoms with Gasteiger partial charge >= 0.3 is 0 Å². The molecule has 0 amide bonds. The molecule has 0 radical (unpaired) electrons. The number of aldehydes is 1. The van der Waals surface area contributed by atoms with Crippen molar-refractivity contribution in [1.29, 1.82) is 0 Å². The van der Waals surface area contributed by atoms with Crippen molar-refractivity contribution >= 4 is 17.8 Å². The van der Waals surface area contributed by atoms with Gasteiger partial charge in [0.1, 0.15) is 23.0 Å². The third-order valence-corrected chi connectivity index (χ3v) is 4.92. The van der Waals surface area contributed by atoms with E-state index in [-0.39, 0.29) is 11.9 Å². The number of carbonyl (C=O) groups excluding carboxylic acids is 1. The maximum atomic E-state index is 14.3. The number of anilines is 1. The van der Waals surface area contributed by atoms with Gasteiger partial charge in [0.25, 0.3) is 0 Å². The van der Waals surface area contributed by atoms with E-state index in [0.29, 0.717) is 41.3 Å². The smallest absolute Gasteiger partial charge is 0.167 e. The number of fused-ring (bicyclic) bond motifs is 2. The number of hydrogen-bond acceptors (Lipinski definition) is 6. The van der Waals surface area contributed by atoms with Crippen LogP contribution in [0.1, 0.15) is 41.4 Å². The van der Waals surface area contributed by atoms with E-state index in [1.807, 2.05) is 13.8 Å². The Morgan fingerprint density at radius 2 is 2.30 bits per heavy atom. The Morgan fingerprint density at radius 3 is 3.04 bits per heavy atom. The molecular formula is C19H20FN5O2. The van der Waals surface area contributed by atoms with Crippen molar-refractivity contribution in [1.82, 2.24) is 14.6 Å². The molecule has 27 heavy (non-hydrogen) atoms. The summed E-state index contributed by atoms with van der Waals surface area (Å²) >= 11 is 0. The van der Waals surface area contributed by atoms with Gasteiger partial charge in [-0.05, 0) is 26.0 Å². The molecule has 3 N–H and O–H groups in total. The van der Waals surface area contributed by atoms with Gasteiger partial charge in [-0.1, -0.05) is 6.07 Å². The van der Waals surface area contributed by atoms with Crippen molar-refractivity contribution in [2.24, 2.45) is 5.73 Å². The minimum Gasteiger partial charge on any atom is -0.485 e.